The minimum absolute atomic E-state index is 0.0239. The number of carboxylic acids is 1. The minimum Gasteiger partial charge on any atom is -0.481 e. The Kier molecular flexibility index (Phi) is 4.08. The number of benzene rings is 2. The molecule has 1 N–H and O–H groups in total. The van der Waals surface area contributed by atoms with Crippen LogP contribution in [0, 0.1) is 5.82 Å². The van der Waals surface area contributed by atoms with E-state index in [2.05, 4.69) is 0 Å². The van der Waals surface area contributed by atoms with Gasteiger partial charge in [-0.1, -0.05) is 48.6 Å². The summed E-state index contributed by atoms with van der Waals surface area (Å²) in [4.78, 5) is 10.4. The number of hydrogen-bond donors (Lipinski definition) is 1. The average Bonchev–Trinajstić information content (AvgIpc) is 2.39. The van der Waals surface area contributed by atoms with Crippen molar-refractivity contribution in [2.45, 2.75) is 6.42 Å². The first kappa shape index (κ1) is 13.0. The molecule has 0 saturated heterocycles. The second-order valence-corrected chi connectivity index (χ2v) is 4.11. The molecule has 0 aliphatic heterocycles. The van der Waals surface area contributed by atoms with E-state index >= 15 is 0 Å². The molecule has 2 aromatic rings. The molecule has 0 unspecified atom stereocenters. The van der Waals surface area contributed by atoms with Crippen molar-refractivity contribution in [2.24, 2.45) is 0 Å². The van der Waals surface area contributed by atoms with Crippen LogP contribution in [0.2, 0.25) is 0 Å². The number of carboxylic acid groups (broad SMARTS) is 1. The lowest BCUT2D eigenvalue weighted by Gasteiger charge is -2.04. The van der Waals surface area contributed by atoms with E-state index in [0.717, 1.165) is 11.1 Å². The van der Waals surface area contributed by atoms with Crippen LogP contribution in [0.4, 0.5) is 4.39 Å². The van der Waals surface area contributed by atoms with Crippen molar-refractivity contribution in [3.63, 3.8) is 0 Å². The van der Waals surface area contributed by atoms with E-state index in [1.165, 1.54) is 6.07 Å². The largest absolute Gasteiger partial charge is 0.481 e. The van der Waals surface area contributed by atoms with Crippen molar-refractivity contribution in [1.82, 2.24) is 0 Å². The molecule has 96 valence electrons. The normalized spacial score (nSPS) is 10.8. The molecule has 0 amide bonds. The van der Waals surface area contributed by atoms with Gasteiger partial charge in [0.25, 0.3) is 0 Å². The van der Waals surface area contributed by atoms with Gasteiger partial charge >= 0.3 is 5.97 Å². The van der Waals surface area contributed by atoms with E-state index in [9.17, 15) is 9.18 Å². The molecule has 0 aliphatic carbocycles. The summed E-state index contributed by atoms with van der Waals surface area (Å²) in [7, 11) is 0. The number of hydrogen-bond acceptors (Lipinski definition) is 1. The molecule has 19 heavy (non-hydrogen) atoms. The lowest BCUT2D eigenvalue weighted by molar-refractivity contribution is -0.135. The average molecular weight is 256 g/mol. The molecule has 0 bridgehead atoms. The third-order valence-corrected chi connectivity index (χ3v) is 2.67. The van der Waals surface area contributed by atoms with E-state index < -0.39 is 5.97 Å². The Morgan fingerprint density at radius 3 is 2.68 bits per heavy atom. The van der Waals surface area contributed by atoms with E-state index in [4.69, 9.17) is 5.11 Å². The van der Waals surface area contributed by atoms with Gasteiger partial charge in [-0.25, -0.2) is 4.39 Å². The van der Waals surface area contributed by atoms with E-state index in [1.54, 1.807) is 30.4 Å². The molecule has 2 rings (SSSR count). The molecule has 0 aliphatic rings. The number of halogens is 1. The molecule has 0 atom stereocenters. The second-order valence-electron chi connectivity index (χ2n) is 4.11. The summed E-state index contributed by atoms with van der Waals surface area (Å²) >= 11 is 0. The summed E-state index contributed by atoms with van der Waals surface area (Å²) in [6.45, 7) is 0. The van der Waals surface area contributed by atoms with Crippen LogP contribution >= 0.6 is 0 Å². The molecular formula is C16H13FO2. The highest BCUT2D eigenvalue weighted by molar-refractivity contribution is 5.72. The first-order chi connectivity index (χ1) is 9.16. The minimum atomic E-state index is -0.874. The van der Waals surface area contributed by atoms with Crippen molar-refractivity contribution in [3.8, 4) is 11.1 Å². The van der Waals surface area contributed by atoms with Gasteiger partial charge in [0.1, 0.15) is 5.82 Å². The zero-order valence-electron chi connectivity index (χ0n) is 10.2. The van der Waals surface area contributed by atoms with Gasteiger partial charge in [0, 0.05) is 5.56 Å². The Hall–Kier alpha value is -2.42. The van der Waals surface area contributed by atoms with Crippen LogP contribution in [0.1, 0.15) is 12.0 Å². The van der Waals surface area contributed by atoms with Gasteiger partial charge in [0.15, 0.2) is 0 Å². The smallest absolute Gasteiger partial charge is 0.307 e. The van der Waals surface area contributed by atoms with Crippen LogP contribution in [0.25, 0.3) is 17.2 Å². The van der Waals surface area contributed by atoms with Crippen molar-refractivity contribution in [1.29, 1.82) is 0 Å². The summed E-state index contributed by atoms with van der Waals surface area (Å²) in [5.41, 5.74) is 2.16. The first-order valence-electron chi connectivity index (χ1n) is 5.90. The topological polar surface area (TPSA) is 37.3 Å². The van der Waals surface area contributed by atoms with Gasteiger partial charge in [-0.2, -0.15) is 0 Å². The molecule has 0 fully saturated rings. The van der Waals surface area contributed by atoms with Crippen molar-refractivity contribution < 1.29 is 14.3 Å². The summed E-state index contributed by atoms with van der Waals surface area (Å²) in [6.07, 6.45) is 3.27. The van der Waals surface area contributed by atoms with E-state index in [-0.39, 0.29) is 12.2 Å². The highest BCUT2D eigenvalue weighted by Crippen LogP contribution is 2.23. The van der Waals surface area contributed by atoms with Crippen LogP contribution < -0.4 is 0 Å². The molecule has 0 aromatic heterocycles. The van der Waals surface area contributed by atoms with Gasteiger partial charge < -0.3 is 5.11 Å². The standard InChI is InChI=1S/C16H13FO2/c17-15-9-2-1-8-14(15)13-7-3-5-12(11-13)6-4-10-16(18)19/h1-9,11H,10H2,(H,18,19)/b6-4+. The second kappa shape index (κ2) is 5.96. The maximum Gasteiger partial charge on any atom is 0.307 e. The highest BCUT2D eigenvalue weighted by Gasteiger charge is 2.03. The number of aliphatic carboxylic acids is 1. The maximum absolute atomic E-state index is 13.7. The molecule has 0 heterocycles. The maximum atomic E-state index is 13.7. The van der Waals surface area contributed by atoms with Crippen LogP contribution in [-0.2, 0) is 4.79 Å². The lowest BCUT2D eigenvalue weighted by atomic mass is 10.0. The van der Waals surface area contributed by atoms with Crippen LogP contribution in [-0.4, -0.2) is 11.1 Å². The van der Waals surface area contributed by atoms with Crippen molar-refractivity contribution >= 4 is 12.0 Å². The monoisotopic (exact) mass is 256 g/mol. The number of carbonyl (C=O) groups is 1. The third kappa shape index (κ3) is 3.52. The molecule has 0 radical (unpaired) electrons. The highest BCUT2D eigenvalue weighted by atomic mass is 19.1. The number of rotatable bonds is 4. The Morgan fingerprint density at radius 2 is 1.95 bits per heavy atom. The quantitative estimate of drug-likeness (QED) is 0.898. The lowest BCUT2D eigenvalue weighted by Crippen LogP contribution is -1.89. The zero-order valence-corrected chi connectivity index (χ0v) is 10.2. The zero-order chi connectivity index (χ0) is 13.7. The van der Waals surface area contributed by atoms with E-state index in [0.29, 0.717) is 5.56 Å². The molecule has 3 heteroatoms. The van der Waals surface area contributed by atoms with Gasteiger partial charge in [-0.3, -0.25) is 4.79 Å². The van der Waals surface area contributed by atoms with Gasteiger partial charge in [0.05, 0.1) is 6.42 Å². The molecule has 2 nitrogen and oxygen atoms in total. The molecule has 2 aromatic carbocycles. The third-order valence-electron chi connectivity index (χ3n) is 2.67. The Labute approximate surface area is 110 Å². The predicted octanol–water partition coefficient (Wildman–Crippen LogP) is 3.98. The van der Waals surface area contributed by atoms with Crippen LogP contribution in [0.15, 0.2) is 54.6 Å². The van der Waals surface area contributed by atoms with Gasteiger partial charge in [-0.05, 0) is 23.3 Å². The van der Waals surface area contributed by atoms with Crippen molar-refractivity contribution in [2.75, 3.05) is 0 Å². The Balaban J connectivity index is 2.27. The fourth-order valence-electron chi connectivity index (χ4n) is 1.80. The fraction of sp³-hybridized carbons (Fsp3) is 0.0625. The summed E-state index contributed by atoms with van der Waals surface area (Å²) in [5.74, 6) is -1.14. The fourth-order valence-corrected chi connectivity index (χ4v) is 1.80. The summed E-state index contributed by atoms with van der Waals surface area (Å²) in [6, 6.07) is 13.9. The van der Waals surface area contributed by atoms with Crippen molar-refractivity contribution in [3.05, 3.63) is 66.0 Å². The SMILES string of the molecule is O=C(O)C/C=C/c1cccc(-c2ccccc2F)c1. The van der Waals surface area contributed by atoms with E-state index in [1.807, 2.05) is 24.3 Å². The Bertz CT molecular complexity index is 618. The van der Waals surface area contributed by atoms with Gasteiger partial charge in [-0.15, -0.1) is 0 Å². The summed E-state index contributed by atoms with van der Waals surface area (Å²) in [5, 5.41) is 8.56. The summed E-state index contributed by atoms with van der Waals surface area (Å²) < 4.78 is 13.7. The van der Waals surface area contributed by atoms with Crippen LogP contribution in [0.5, 0.6) is 0 Å². The molecular weight excluding hydrogens is 243 g/mol. The Morgan fingerprint density at radius 1 is 1.16 bits per heavy atom. The predicted molar refractivity (Wildman–Crippen MR) is 73.1 cm³/mol. The molecule has 0 spiro atoms. The molecule has 0 saturated carbocycles. The first-order valence-corrected chi connectivity index (χ1v) is 5.90. The van der Waals surface area contributed by atoms with Gasteiger partial charge in [0.2, 0.25) is 0 Å². The van der Waals surface area contributed by atoms with Crippen LogP contribution in [0.3, 0.4) is 0 Å².